The van der Waals surface area contributed by atoms with Crippen LogP contribution in [0.3, 0.4) is 0 Å². The number of nitrogens with one attached hydrogen (secondary N) is 1. The average molecular weight is 316 g/mol. The van der Waals surface area contributed by atoms with Crippen LogP contribution in [0.1, 0.15) is 27.0 Å². The Morgan fingerprint density at radius 1 is 1.14 bits per heavy atom. The van der Waals surface area contributed by atoms with Crippen LogP contribution < -0.4 is 4.72 Å². The number of sulfonamides is 1. The van der Waals surface area contributed by atoms with Crippen LogP contribution in [0, 0.1) is 13.8 Å². The van der Waals surface area contributed by atoms with E-state index >= 15 is 0 Å². The summed E-state index contributed by atoms with van der Waals surface area (Å²) in [6.45, 7) is 3.67. The van der Waals surface area contributed by atoms with Crippen molar-refractivity contribution >= 4 is 22.0 Å². The smallest absolute Gasteiger partial charge is 0.265 e. The van der Waals surface area contributed by atoms with Crippen LogP contribution in [-0.2, 0) is 10.0 Å². The first-order chi connectivity index (χ1) is 10.4. The van der Waals surface area contributed by atoms with Gasteiger partial charge in [-0.2, -0.15) is 0 Å². The summed E-state index contributed by atoms with van der Waals surface area (Å²) in [6.07, 6.45) is 4.51. The van der Waals surface area contributed by atoms with Gasteiger partial charge in [0.25, 0.3) is 15.9 Å². The second kappa shape index (κ2) is 6.53. The van der Waals surface area contributed by atoms with Crippen LogP contribution in [0.5, 0.6) is 0 Å². The summed E-state index contributed by atoms with van der Waals surface area (Å²) in [5.74, 6) is -0.642. The highest BCUT2D eigenvalue weighted by Crippen LogP contribution is 2.11. The van der Waals surface area contributed by atoms with Gasteiger partial charge in [-0.05, 0) is 49.2 Å². The second-order valence-corrected chi connectivity index (χ2v) is 6.44. The maximum absolute atomic E-state index is 12.1. The Hall–Kier alpha value is -2.47. The number of amides is 1. The molecule has 1 aromatic heterocycles. The summed E-state index contributed by atoms with van der Waals surface area (Å²) in [7, 11) is -3.85. The molecular formula is C16H16N2O3S. The van der Waals surface area contributed by atoms with Crippen molar-refractivity contribution in [1.29, 1.82) is 0 Å². The third-order valence-corrected chi connectivity index (χ3v) is 3.97. The number of carbonyl (C=O) groups is 1. The number of benzene rings is 1. The first-order valence-electron chi connectivity index (χ1n) is 6.60. The van der Waals surface area contributed by atoms with Gasteiger partial charge in [-0.15, -0.1) is 0 Å². The zero-order valence-corrected chi connectivity index (χ0v) is 13.1. The zero-order valence-electron chi connectivity index (χ0n) is 12.3. The Kier molecular flexibility index (Phi) is 4.72. The lowest BCUT2D eigenvalue weighted by Gasteiger charge is -2.07. The molecule has 0 fully saturated rings. The van der Waals surface area contributed by atoms with E-state index in [4.69, 9.17) is 0 Å². The molecule has 1 amide bonds. The Balaban J connectivity index is 2.14. The van der Waals surface area contributed by atoms with Crippen molar-refractivity contribution < 1.29 is 13.2 Å². The number of aromatic nitrogens is 1. The van der Waals surface area contributed by atoms with Crippen LogP contribution in [0.25, 0.3) is 6.08 Å². The van der Waals surface area contributed by atoms with Crippen LogP contribution in [0.15, 0.2) is 48.1 Å². The third-order valence-electron chi connectivity index (χ3n) is 3.01. The van der Waals surface area contributed by atoms with E-state index < -0.39 is 15.9 Å². The largest absolute Gasteiger partial charge is 0.268 e. The van der Waals surface area contributed by atoms with Crippen molar-refractivity contribution in [1.82, 2.24) is 9.71 Å². The fourth-order valence-electron chi connectivity index (χ4n) is 1.93. The quantitative estimate of drug-likeness (QED) is 0.940. The molecule has 22 heavy (non-hydrogen) atoms. The molecular weight excluding hydrogens is 300 g/mol. The van der Waals surface area contributed by atoms with Crippen LogP contribution >= 0.6 is 0 Å². The molecule has 0 spiro atoms. The fourth-order valence-corrected chi connectivity index (χ4v) is 2.70. The molecule has 0 aliphatic rings. The monoisotopic (exact) mass is 316 g/mol. The van der Waals surface area contributed by atoms with Crippen molar-refractivity contribution in [2.75, 3.05) is 0 Å². The number of hydrogen-bond acceptors (Lipinski definition) is 4. The summed E-state index contributed by atoms with van der Waals surface area (Å²) < 4.78 is 25.9. The van der Waals surface area contributed by atoms with Gasteiger partial charge in [0, 0.05) is 18.0 Å². The number of pyridine rings is 1. The van der Waals surface area contributed by atoms with E-state index in [2.05, 4.69) is 4.98 Å². The number of aryl methyl sites for hydroxylation is 2. The SMILES string of the molecule is Cc1ccc(C(=O)NS(=O)(=O)C=Cc2ccncc2)c(C)c1. The Bertz CT molecular complexity index is 813. The molecule has 0 saturated heterocycles. The van der Waals surface area contributed by atoms with E-state index in [-0.39, 0.29) is 0 Å². The van der Waals surface area contributed by atoms with Crippen molar-refractivity contribution in [3.63, 3.8) is 0 Å². The molecule has 5 nitrogen and oxygen atoms in total. The minimum atomic E-state index is -3.85. The minimum Gasteiger partial charge on any atom is -0.268 e. The van der Waals surface area contributed by atoms with E-state index in [9.17, 15) is 13.2 Å². The summed E-state index contributed by atoms with van der Waals surface area (Å²) in [5.41, 5.74) is 2.76. The van der Waals surface area contributed by atoms with E-state index in [0.29, 0.717) is 11.1 Å². The van der Waals surface area contributed by atoms with Crippen molar-refractivity contribution in [3.8, 4) is 0 Å². The number of hydrogen-bond donors (Lipinski definition) is 1. The van der Waals surface area contributed by atoms with E-state index in [1.165, 1.54) is 6.08 Å². The molecule has 2 rings (SSSR count). The van der Waals surface area contributed by atoms with Gasteiger partial charge in [-0.3, -0.25) is 9.78 Å². The molecule has 114 valence electrons. The maximum atomic E-state index is 12.1. The summed E-state index contributed by atoms with van der Waals surface area (Å²) in [4.78, 5) is 15.9. The lowest BCUT2D eigenvalue weighted by Crippen LogP contribution is -2.29. The van der Waals surface area contributed by atoms with Gasteiger partial charge in [0.2, 0.25) is 0 Å². The Morgan fingerprint density at radius 2 is 1.82 bits per heavy atom. The molecule has 0 bridgehead atoms. The summed E-state index contributed by atoms with van der Waals surface area (Å²) in [6, 6.07) is 8.54. The predicted molar refractivity (Wildman–Crippen MR) is 85.6 cm³/mol. The molecule has 0 saturated carbocycles. The Labute approximate surface area is 129 Å². The highest BCUT2D eigenvalue weighted by Gasteiger charge is 2.15. The lowest BCUT2D eigenvalue weighted by molar-refractivity contribution is 0.0981. The normalized spacial score (nSPS) is 11.5. The molecule has 0 radical (unpaired) electrons. The molecule has 1 N–H and O–H groups in total. The maximum Gasteiger partial charge on any atom is 0.265 e. The van der Waals surface area contributed by atoms with Gasteiger partial charge < -0.3 is 0 Å². The highest BCUT2D eigenvalue weighted by atomic mass is 32.2. The topological polar surface area (TPSA) is 76.1 Å². The van der Waals surface area contributed by atoms with Gasteiger partial charge in [-0.1, -0.05) is 17.7 Å². The van der Waals surface area contributed by atoms with E-state index in [1.807, 2.05) is 17.7 Å². The van der Waals surface area contributed by atoms with Crippen molar-refractivity contribution in [3.05, 3.63) is 70.4 Å². The van der Waals surface area contributed by atoms with Gasteiger partial charge in [0.15, 0.2) is 0 Å². The third kappa shape index (κ3) is 4.26. The molecule has 6 heteroatoms. The number of nitrogens with zero attached hydrogens (tertiary/aromatic N) is 1. The molecule has 2 aromatic rings. The number of rotatable bonds is 4. The fraction of sp³-hybridized carbons (Fsp3) is 0.125. The molecule has 1 aromatic carbocycles. The van der Waals surface area contributed by atoms with Crippen LogP contribution in [0.2, 0.25) is 0 Å². The summed E-state index contributed by atoms with van der Waals surface area (Å²) >= 11 is 0. The van der Waals surface area contributed by atoms with E-state index in [1.54, 1.807) is 43.6 Å². The molecule has 1 heterocycles. The summed E-state index contributed by atoms with van der Waals surface area (Å²) in [5, 5.41) is 0.962. The lowest BCUT2D eigenvalue weighted by atomic mass is 10.1. The van der Waals surface area contributed by atoms with Crippen LogP contribution in [0.4, 0.5) is 0 Å². The van der Waals surface area contributed by atoms with Crippen molar-refractivity contribution in [2.45, 2.75) is 13.8 Å². The second-order valence-electron chi connectivity index (χ2n) is 4.88. The highest BCUT2D eigenvalue weighted by molar-refractivity contribution is 7.93. The molecule has 0 atom stereocenters. The predicted octanol–water partition coefficient (Wildman–Crippen LogP) is 2.43. The first-order valence-corrected chi connectivity index (χ1v) is 8.14. The molecule has 0 unspecified atom stereocenters. The van der Waals surface area contributed by atoms with Gasteiger partial charge >= 0.3 is 0 Å². The standard InChI is InChI=1S/C16H16N2O3S/c1-12-3-4-15(13(2)11-12)16(19)18-22(20,21)10-7-14-5-8-17-9-6-14/h3-11H,1-2H3,(H,18,19). The first kappa shape index (κ1) is 15.9. The van der Waals surface area contributed by atoms with Gasteiger partial charge in [0.1, 0.15) is 0 Å². The van der Waals surface area contributed by atoms with Crippen LogP contribution in [-0.4, -0.2) is 19.3 Å². The van der Waals surface area contributed by atoms with Gasteiger partial charge in [0.05, 0.1) is 5.41 Å². The minimum absolute atomic E-state index is 0.339. The van der Waals surface area contributed by atoms with Crippen molar-refractivity contribution in [2.24, 2.45) is 0 Å². The number of carbonyl (C=O) groups excluding carboxylic acids is 1. The van der Waals surface area contributed by atoms with E-state index in [0.717, 1.165) is 16.5 Å². The Morgan fingerprint density at radius 3 is 2.45 bits per heavy atom. The van der Waals surface area contributed by atoms with Gasteiger partial charge in [-0.25, -0.2) is 13.1 Å². The average Bonchev–Trinajstić information content (AvgIpc) is 2.45. The molecule has 0 aliphatic heterocycles. The zero-order chi connectivity index (χ0) is 16.2. The molecule has 0 aliphatic carbocycles.